The zero-order chi connectivity index (χ0) is 24.2. The molecule has 0 spiro atoms. The lowest BCUT2D eigenvalue weighted by Gasteiger charge is -2.45. The van der Waals surface area contributed by atoms with E-state index in [9.17, 15) is 0 Å². The third kappa shape index (κ3) is 4.81. The monoisotopic (exact) mass is 474 g/mol. The van der Waals surface area contributed by atoms with Gasteiger partial charge in [0.15, 0.2) is 6.17 Å². The number of hydrogen-bond acceptors (Lipinski definition) is 2. The van der Waals surface area contributed by atoms with Crippen molar-refractivity contribution in [2.24, 2.45) is 5.92 Å². The Kier molecular flexibility index (Phi) is 7.51. The van der Waals surface area contributed by atoms with E-state index >= 15 is 4.39 Å². The topological polar surface area (TPSA) is 18.5 Å². The van der Waals surface area contributed by atoms with Crippen molar-refractivity contribution in [3.8, 4) is 0 Å². The maximum Gasteiger partial charge on any atom is 0.261 e. The quantitative estimate of drug-likeness (QED) is 0.292. The van der Waals surface area contributed by atoms with Gasteiger partial charge in [0.05, 0.1) is 18.8 Å². The Morgan fingerprint density at radius 3 is 1.85 bits per heavy atom. The number of halogens is 1. The average Bonchev–Trinajstić information content (AvgIpc) is 3.16. The molecule has 1 aliphatic carbocycles. The fourth-order valence-corrected chi connectivity index (χ4v) is 9.92. The van der Waals surface area contributed by atoms with Crippen molar-refractivity contribution in [1.82, 2.24) is 0 Å². The molecule has 0 aliphatic heterocycles. The van der Waals surface area contributed by atoms with Crippen LogP contribution in [0.15, 0.2) is 104 Å². The van der Waals surface area contributed by atoms with Crippen molar-refractivity contribution in [1.29, 1.82) is 0 Å². The Morgan fingerprint density at radius 2 is 1.38 bits per heavy atom. The minimum Gasteiger partial charge on any atom is -0.401 e. The van der Waals surface area contributed by atoms with Crippen LogP contribution < -0.4 is 10.4 Å². The summed E-state index contributed by atoms with van der Waals surface area (Å²) in [6, 6.07) is 30.7. The molecule has 2 nitrogen and oxygen atoms in total. The Labute approximate surface area is 204 Å². The van der Waals surface area contributed by atoms with Crippen molar-refractivity contribution in [2.45, 2.75) is 57.2 Å². The average molecular weight is 475 g/mol. The molecule has 0 bridgehead atoms. The first kappa shape index (κ1) is 24.6. The van der Waals surface area contributed by atoms with Crippen molar-refractivity contribution >= 4 is 18.7 Å². The van der Waals surface area contributed by atoms with Crippen LogP contribution in [0.25, 0.3) is 0 Å². The lowest BCUT2D eigenvalue weighted by atomic mass is 10.1. The van der Waals surface area contributed by atoms with Crippen molar-refractivity contribution < 1.29 is 13.6 Å². The van der Waals surface area contributed by atoms with Crippen LogP contribution >= 0.6 is 0 Å². The van der Waals surface area contributed by atoms with Gasteiger partial charge in [-0.05, 0) is 27.4 Å². The van der Waals surface area contributed by atoms with Gasteiger partial charge in [-0.2, -0.15) is 0 Å². The summed E-state index contributed by atoms with van der Waals surface area (Å²) in [6.45, 7) is 11.1. The maximum atomic E-state index is 16.1. The van der Waals surface area contributed by atoms with E-state index in [-0.39, 0.29) is 11.0 Å². The number of ether oxygens (including phenoxy) is 1. The van der Waals surface area contributed by atoms with E-state index in [0.29, 0.717) is 13.0 Å². The van der Waals surface area contributed by atoms with Gasteiger partial charge in [0.25, 0.3) is 8.32 Å². The molecular weight excluding hydrogens is 439 g/mol. The fraction of sp³-hybridized carbons (Fsp3) is 0.333. The van der Waals surface area contributed by atoms with Gasteiger partial charge >= 0.3 is 0 Å². The maximum absolute atomic E-state index is 16.1. The molecule has 4 rings (SSSR count). The van der Waals surface area contributed by atoms with Gasteiger partial charge < -0.3 is 9.16 Å². The molecule has 178 valence electrons. The summed E-state index contributed by atoms with van der Waals surface area (Å²) < 4.78 is 29.3. The highest BCUT2D eigenvalue weighted by molar-refractivity contribution is 6.99. The molecule has 0 saturated heterocycles. The predicted octanol–water partition coefficient (Wildman–Crippen LogP) is 6.06. The summed E-state index contributed by atoms with van der Waals surface area (Å²) in [6.07, 6.45) is 0.0609. The Hall–Kier alpha value is -2.53. The lowest BCUT2D eigenvalue weighted by molar-refractivity contribution is -0.0195. The highest BCUT2D eigenvalue weighted by atomic mass is 28.4. The highest BCUT2D eigenvalue weighted by Gasteiger charge is 2.55. The fourth-order valence-electron chi connectivity index (χ4n) is 5.20. The Balaban J connectivity index is 1.69. The first-order valence-corrected chi connectivity index (χ1v) is 14.0. The summed E-state index contributed by atoms with van der Waals surface area (Å²) in [5.41, 5.74) is 1.04. The SMILES string of the molecule is C=C[C@H]1C[C@@H](OCc2ccccc2)[C@@H](F)[C@@H]1O[Si](c1ccccc1)(c1ccccc1)C(C)(C)C. The molecule has 3 aromatic carbocycles. The first-order chi connectivity index (χ1) is 16.4. The summed E-state index contributed by atoms with van der Waals surface area (Å²) >= 11 is 0. The van der Waals surface area contributed by atoms with Crippen molar-refractivity contribution in [3.63, 3.8) is 0 Å². The number of alkyl halides is 1. The molecule has 4 atom stereocenters. The molecular formula is C30H35FO2Si. The van der Waals surface area contributed by atoms with Gasteiger partial charge in [0.1, 0.15) is 0 Å². The minimum absolute atomic E-state index is 0.113. The van der Waals surface area contributed by atoms with Gasteiger partial charge in [-0.1, -0.05) is 118 Å². The third-order valence-electron chi connectivity index (χ3n) is 6.93. The third-order valence-corrected chi connectivity index (χ3v) is 12.0. The van der Waals surface area contributed by atoms with Gasteiger partial charge in [-0.3, -0.25) is 0 Å². The smallest absolute Gasteiger partial charge is 0.261 e. The summed E-state index contributed by atoms with van der Waals surface area (Å²) in [5, 5.41) is 2.08. The molecule has 0 unspecified atom stereocenters. The van der Waals surface area contributed by atoms with Crippen molar-refractivity contribution in [3.05, 3.63) is 109 Å². The number of benzene rings is 3. The zero-order valence-electron chi connectivity index (χ0n) is 20.4. The van der Waals surface area contributed by atoms with Crippen LogP contribution in [0.1, 0.15) is 32.8 Å². The van der Waals surface area contributed by atoms with Crippen LogP contribution in [0.3, 0.4) is 0 Å². The van der Waals surface area contributed by atoms with E-state index in [2.05, 4.69) is 51.6 Å². The first-order valence-electron chi connectivity index (χ1n) is 12.1. The second-order valence-corrected chi connectivity index (χ2v) is 14.4. The molecule has 1 saturated carbocycles. The molecule has 0 heterocycles. The standard InChI is InChI=1S/C30H35FO2Si/c1-5-24-21-27(32-22-23-15-9-6-10-16-23)28(31)29(24)33-34(30(2,3)4,25-17-11-7-12-18-25)26-19-13-8-14-20-26/h5-20,24,27-29H,1,21-22H2,2-4H3/t24-,27+,28+,29+/m0/s1. The predicted molar refractivity (Wildman–Crippen MR) is 141 cm³/mol. The molecule has 3 aromatic rings. The van der Waals surface area contributed by atoms with Gasteiger partial charge in [-0.25, -0.2) is 4.39 Å². The molecule has 1 aliphatic rings. The van der Waals surface area contributed by atoms with Crippen molar-refractivity contribution in [2.75, 3.05) is 0 Å². The zero-order valence-corrected chi connectivity index (χ0v) is 21.4. The van der Waals surface area contributed by atoms with E-state index in [1.54, 1.807) is 0 Å². The molecule has 0 N–H and O–H groups in total. The molecule has 0 radical (unpaired) electrons. The van der Waals surface area contributed by atoms with E-state index in [1.807, 2.05) is 72.8 Å². The highest BCUT2D eigenvalue weighted by Crippen LogP contribution is 2.42. The minimum atomic E-state index is -2.87. The number of rotatable bonds is 8. The second kappa shape index (κ2) is 10.4. The summed E-state index contributed by atoms with van der Waals surface area (Å²) in [4.78, 5) is 0. The van der Waals surface area contributed by atoms with Gasteiger partial charge in [-0.15, -0.1) is 6.58 Å². The van der Waals surface area contributed by atoms with Gasteiger partial charge in [0.2, 0.25) is 0 Å². The Morgan fingerprint density at radius 1 is 0.882 bits per heavy atom. The normalized spacial score (nSPS) is 23.1. The molecule has 4 heteroatoms. The molecule has 0 aromatic heterocycles. The van der Waals surface area contributed by atoms with Gasteiger partial charge in [0, 0.05) is 5.92 Å². The van der Waals surface area contributed by atoms with Crippen LogP contribution in [0, 0.1) is 5.92 Å². The van der Waals surface area contributed by atoms with E-state index in [1.165, 1.54) is 0 Å². The Bertz CT molecular complexity index is 1010. The number of hydrogen-bond donors (Lipinski definition) is 0. The van der Waals surface area contributed by atoms with E-state index in [4.69, 9.17) is 9.16 Å². The van der Waals surface area contributed by atoms with E-state index in [0.717, 1.165) is 15.9 Å². The molecule has 0 amide bonds. The second-order valence-electron chi connectivity index (χ2n) is 10.2. The molecule has 1 fully saturated rings. The summed E-state index contributed by atoms with van der Waals surface area (Å²) in [5.74, 6) is -0.113. The van der Waals surface area contributed by atoms with Crippen LogP contribution in [0.5, 0.6) is 0 Å². The summed E-state index contributed by atoms with van der Waals surface area (Å²) in [7, 11) is -2.87. The van der Waals surface area contributed by atoms with Crippen LogP contribution in [0.2, 0.25) is 5.04 Å². The molecule has 34 heavy (non-hydrogen) atoms. The largest absolute Gasteiger partial charge is 0.401 e. The van der Waals surface area contributed by atoms with Crippen LogP contribution in [-0.2, 0) is 15.8 Å². The van der Waals surface area contributed by atoms with E-state index < -0.39 is 26.7 Å². The van der Waals surface area contributed by atoms with Crippen LogP contribution in [-0.4, -0.2) is 26.7 Å². The van der Waals surface area contributed by atoms with Crippen LogP contribution in [0.4, 0.5) is 4.39 Å². The lowest BCUT2D eigenvalue weighted by Crippen LogP contribution is -2.68.